The second kappa shape index (κ2) is 8.15. The average Bonchev–Trinajstić information content (AvgIpc) is 2.71. The first kappa shape index (κ1) is 18.7. The molecule has 4 rings (SSSR count). The van der Waals surface area contributed by atoms with Crippen LogP contribution in [0.2, 0.25) is 0 Å². The number of nitrogens with zero attached hydrogens (tertiary/aromatic N) is 3. The normalized spacial score (nSPS) is 15.8. The Morgan fingerprint density at radius 1 is 1.07 bits per heavy atom. The highest BCUT2D eigenvalue weighted by atomic mass is 16.5. The standard InChI is InChI=1S/C23H27N3O2/c1-17-7-8-18(2)22(15-17)28-19-9-11-25(12-10-19)13-14-26-16-24-21-6-4-3-5-20(21)23(26)27/h3-8,15-16,19H,9-14H2,1-2H3. The van der Waals surface area contributed by atoms with E-state index in [4.69, 9.17) is 4.74 Å². The molecule has 0 bridgehead atoms. The van der Waals surface area contributed by atoms with Gasteiger partial charge in [0.05, 0.1) is 17.2 Å². The van der Waals surface area contributed by atoms with E-state index in [1.165, 1.54) is 11.1 Å². The van der Waals surface area contributed by atoms with E-state index in [1.807, 2.05) is 24.3 Å². The van der Waals surface area contributed by atoms with Gasteiger partial charge in [0, 0.05) is 26.2 Å². The Balaban J connectivity index is 1.32. The fourth-order valence-corrected chi connectivity index (χ4v) is 3.78. The molecule has 3 aromatic rings. The molecule has 5 nitrogen and oxygen atoms in total. The first-order chi connectivity index (χ1) is 13.6. The molecule has 28 heavy (non-hydrogen) atoms. The maximum absolute atomic E-state index is 12.6. The number of ether oxygens (including phenoxy) is 1. The molecule has 2 heterocycles. The molecule has 0 atom stereocenters. The Kier molecular flexibility index (Phi) is 5.44. The van der Waals surface area contributed by atoms with Gasteiger partial charge in [-0.15, -0.1) is 0 Å². The minimum Gasteiger partial charge on any atom is -0.490 e. The molecule has 2 aromatic carbocycles. The lowest BCUT2D eigenvalue weighted by atomic mass is 10.1. The summed E-state index contributed by atoms with van der Waals surface area (Å²) in [4.78, 5) is 19.4. The summed E-state index contributed by atoms with van der Waals surface area (Å²) in [5.74, 6) is 1.01. The van der Waals surface area contributed by atoms with Crippen molar-refractivity contribution in [2.24, 2.45) is 0 Å². The van der Waals surface area contributed by atoms with E-state index < -0.39 is 0 Å². The number of hydrogen-bond acceptors (Lipinski definition) is 4. The monoisotopic (exact) mass is 377 g/mol. The molecule has 0 spiro atoms. The van der Waals surface area contributed by atoms with Gasteiger partial charge in [-0.1, -0.05) is 24.3 Å². The van der Waals surface area contributed by atoms with E-state index in [2.05, 4.69) is 41.9 Å². The van der Waals surface area contributed by atoms with Gasteiger partial charge < -0.3 is 9.64 Å². The van der Waals surface area contributed by atoms with E-state index in [0.717, 1.165) is 43.7 Å². The van der Waals surface area contributed by atoms with Crippen molar-refractivity contribution in [1.29, 1.82) is 0 Å². The van der Waals surface area contributed by atoms with Gasteiger partial charge in [0.25, 0.3) is 5.56 Å². The Hall–Kier alpha value is -2.66. The van der Waals surface area contributed by atoms with Gasteiger partial charge in [0.15, 0.2) is 0 Å². The van der Waals surface area contributed by atoms with Gasteiger partial charge in [-0.05, 0) is 56.0 Å². The van der Waals surface area contributed by atoms with Crippen LogP contribution < -0.4 is 10.3 Å². The van der Waals surface area contributed by atoms with E-state index in [1.54, 1.807) is 10.9 Å². The summed E-state index contributed by atoms with van der Waals surface area (Å²) in [5.41, 5.74) is 3.22. The molecular formula is C23H27N3O2. The molecule has 0 N–H and O–H groups in total. The average molecular weight is 377 g/mol. The number of rotatable bonds is 5. The van der Waals surface area contributed by atoms with E-state index >= 15 is 0 Å². The third kappa shape index (κ3) is 4.09. The minimum absolute atomic E-state index is 0.0405. The predicted octanol–water partition coefficient (Wildman–Crippen LogP) is 3.56. The van der Waals surface area contributed by atoms with Gasteiger partial charge in [-0.3, -0.25) is 9.36 Å². The molecular weight excluding hydrogens is 350 g/mol. The molecule has 0 saturated carbocycles. The highest BCUT2D eigenvalue weighted by Gasteiger charge is 2.21. The number of piperidine rings is 1. The smallest absolute Gasteiger partial charge is 0.261 e. The molecule has 1 fully saturated rings. The van der Waals surface area contributed by atoms with Crippen LogP contribution in [0, 0.1) is 13.8 Å². The van der Waals surface area contributed by atoms with Crippen molar-refractivity contribution in [2.75, 3.05) is 19.6 Å². The summed E-state index contributed by atoms with van der Waals surface area (Å²) < 4.78 is 7.98. The Morgan fingerprint density at radius 2 is 1.86 bits per heavy atom. The summed E-state index contributed by atoms with van der Waals surface area (Å²) in [7, 11) is 0. The van der Waals surface area contributed by atoms with Gasteiger partial charge in [0.1, 0.15) is 11.9 Å². The Labute approximate surface area is 165 Å². The summed E-state index contributed by atoms with van der Waals surface area (Å²) in [6, 6.07) is 13.9. The van der Waals surface area contributed by atoms with Gasteiger partial charge in [-0.2, -0.15) is 0 Å². The second-order valence-corrected chi connectivity index (χ2v) is 7.69. The number of para-hydroxylation sites is 1. The summed E-state index contributed by atoms with van der Waals surface area (Å²) in [6.07, 6.45) is 3.96. The van der Waals surface area contributed by atoms with E-state index in [9.17, 15) is 4.79 Å². The molecule has 1 aliphatic heterocycles. The quantitative estimate of drug-likeness (QED) is 0.682. The van der Waals surface area contributed by atoms with E-state index in [-0.39, 0.29) is 11.7 Å². The summed E-state index contributed by atoms with van der Waals surface area (Å²) in [5, 5.41) is 0.686. The Bertz CT molecular complexity index is 1020. The number of likely N-dealkylation sites (tertiary alicyclic amines) is 1. The SMILES string of the molecule is Cc1ccc(C)c(OC2CCN(CCn3cnc4ccccc4c3=O)CC2)c1. The number of hydrogen-bond donors (Lipinski definition) is 0. The maximum Gasteiger partial charge on any atom is 0.261 e. The molecule has 1 saturated heterocycles. The number of fused-ring (bicyclic) bond motifs is 1. The summed E-state index contributed by atoms with van der Waals surface area (Å²) >= 11 is 0. The predicted molar refractivity (Wildman–Crippen MR) is 112 cm³/mol. The van der Waals surface area contributed by atoms with Crippen LogP contribution in [0.5, 0.6) is 5.75 Å². The van der Waals surface area contributed by atoms with Gasteiger partial charge in [0.2, 0.25) is 0 Å². The van der Waals surface area contributed by atoms with Gasteiger partial charge >= 0.3 is 0 Å². The van der Waals surface area contributed by atoms with Crippen LogP contribution in [0.3, 0.4) is 0 Å². The van der Waals surface area contributed by atoms with Crippen molar-refractivity contribution >= 4 is 10.9 Å². The molecule has 1 aliphatic rings. The topological polar surface area (TPSA) is 47.4 Å². The lowest BCUT2D eigenvalue weighted by molar-refractivity contribution is 0.0978. The number of aryl methyl sites for hydroxylation is 2. The highest BCUT2D eigenvalue weighted by molar-refractivity contribution is 5.76. The zero-order valence-electron chi connectivity index (χ0n) is 16.6. The number of benzene rings is 2. The lowest BCUT2D eigenvalue weighted by Gasteiger charge is -2.32. The van der Waals surface area contributed by atoms with Crippen LogP contribution in [0.25, 0.3) is 10.9 Å². The van der Waals surface area contributed by atoms with Crippen molar-refractivity contribution in [1.82, 2.24) is 14.5 Å². The van der Waals surface area contributed by atoms with Gasteiger partial charge in [-0.25, -0.2) is 4.98 Å². The lowest BCUT2D eigenvalue weighted by Crippen LogP contribution is -2.40. The third-order valence-corrected chi connectivity index (χ3v) is 5.56. The van der Waals surface area contributed by atoms with Crippen molar-refractivity contribution in [2.45, 2.75) is 39.3 Å². The van der Waals surface area contributed by atoms with E-state index in [0.29, 0.717) is 11.9 Å². The van der Waals surface area contributed by atoms with Crippen LogP contribution >= 0.6 is 0 Å². The summed E-state index contributed by atoms with van der Waals surface area (Å²) in [6.45, 7) is 7.70. The van der Waals surface area contributed by atoms with Crippen molar-refractivity contribution in [3.63, 3.8) is 0 Å². The largest absolute Gasteiger partial charge is 0.490 e. The van der Waals surface area contributed by atoms with Crippen LogP contribution in [-0.2, 0) is 6.54 Å². The fourth-order valence-electron chi connectivity index (χ4n) is 3.78. The minimum atomic E-state index is 0.0405. The zero-order valence-corrected chi connectivity index (χ0v) is 16.6. The van der Waals surface area contributed by atoms with Crippen LogP contribution in [0.1, 0.15) is 24.0 Å². The zero-order chi connectivity index (χ0) is 19.5. The van der Waals surface area contributed by atoms with Crippen molar-refractivity contribution < 1.29 is 4.74 Å². The van der Waals surface area contributed by atoms with Crippen LogP contribution in [0.4, 0.5) is 0 Å². The van der Waals surface area contributed by atoms with Crippen LogP contribution in [-0.4, -0.2) is 40.2 Å². The molecule has 0 radical (unpaired) electrons. The molecule has 5 heteroatoms. The van der Waals surface area contributed by atoms with Crippen molar-refractivity contribution in [3.05, 3.63) is 70.3 Å². The van der Waals surface area contributed by atoms with Crippen molar-refractivity contribution in [3.8, 4) is 5.75 Å². The fraction of sp³-hybridized carbons (Fsp3) is 0.391. The second-order valence-electron chi connectivity index (χ2n) is 7.69. The highest BCUT2D eigenvalue weighted by Crippen LogP contribution is 2.24. The first-order valence-corrected chi connectivity index (χ1v) is 10.0. The molecule has 0 aliphatic carbocycles. The number of aromatic nitrogens is 2. The maximum atomic E-state index is 12.6. The molecule has 1 aromatic heterocycles. The molecule has 0 amide bonds. The third-order valence-electron chi connectivity index (χ3n) is 5.56. The Morgan fingerprint density at radius 3 is 2.68 bits per heavy atom. The van der Waals surface area contributed by atoms with Crippen LogP contribution in [0.15, 0.2) is 53.6 Å². The molecule has 0 unspecified atom stereocenters. The first-order valence-electron chi connectivity index (χ1n) is 10.0. The molecule has 146 valence electrons.